The van der Waals surface area contributed by atoms with Gasteiger partial charge in [-0.1, -0.05) is 6.07 Å². The maximum atomic E-state index is 5.99. The van der Waals surface area contributed by atoms with Gasteiger partial charge in [-0.25, -0.2) is 0 Å². The van der Waals surface area contributed by atoms with Crippen LogP contribution >= 0.6 is 24.0 Å². The standard InChI is InChI=1S/C17H27N3O.HI/c1-4-21-10-9-17(7-8-17)12-19-16(18)20-15-6-5-13(2)14(3)11-15;/h5-6,11H,4,7-10,12H2,1-3H3,(H3,18,19,20);1H. The molecule has 0 saturated heterocycles. The summed E-state index contributed by atoms with van der Waals surface area (Å²) in [7, 11) is 0. The molecular weight excluding hydrogens is 389 g/mol. The Morgan fingerprint density at radius 3 is 2.64 bits per heavy atom. The summed E-state index contributed by atoms with van der Waals surface area (Å²) in [4.78, 5) is 4.51. The summed E-state index contributed by atoms with van der Waals surface area (Å²) in [6.45, 7) is 8.64. The van der Waals surface area contributed by atoms with Crippen LogP contribution in [-0.4, -0.2) is 25.7 Å². The number of halogens is 1. The van der Waals surface area contributed by atoms with E-state index in [1.54, 1.807) is 0 Å². The van der Waals surface area contributed by atoms with E-state index in [1.807, 2.05) is 13.0 Å². The number of nitrogens with one attached hydrogen (secondary N) is 1. The lowest BCUT2D eigenvalue weighted by Crippen LogP contribution is -2.24. The van der Waals surface area contributed by atoms with Crippen LogP contribution in [0.2, 0.25) is 0 Å². The van der Waals surface area contributed by atoms with Crippen molar-refractivity contribution in [1.82, 2.24) is 0 Å². The Morgan fingerprint density at radius 2 is 2.05 bits per heavy atom. The SMILES string of the molecule is CCOCCC1(CN=C(N)Nc2ccc(C)c(C)c2)CC1.I. The third-order valence-electron chi connectivity index (χ3n) is 4.30. The highest BCUT2D eigenvalue weighted by molar-refractivity contribution is 14.0. The van der Waals surface area contributed by atoms with Crippen LogP contribution in [0, 0.1) is 19.3 Å². The Morgan fingerprint density at radius 1 is 1.32 bits per heavy atom. The van der Waals surface area contributed by atoms with Crippen LogP contribution in [-0.2, 0) is 4.74 Å². The molecule has 2 rings (SSSR count). The zero-order valence-electron chi connectivity index (χ0n) is 13.8. The van der Waals surface area contributed by atoms with Crippen LogP contribution in [0.4, 0.5) is 5.69 Å². The van der Waals surface area contributed by atoms with E-state index in [0.717, 1.165) is 31.9 Å². The molecule has 4 nitrogen and oxygen atoms in total. The van der Waals surface area contributed by atoms with Gasteiger partial charge in [-0.15, -0.1) is 24.0 Å². The summed E-state index contributed by atoms with van der Waals surface area (Å²) in [5, 5.41) is 3.17. The Hall–Kier alpha value is -0.820. The van der Waals surface area contributed by atoms with E-state index in [9.17, 15) is 0 Å². The number of nitrogens with zero attached hydrogens (tertiary/aromatic N) is 1. The molecule has 1 aliphatic rings. The van der Waals surface area contributed by atoms with Gasteiger partial charge in [0.2, 0.25) is 0 Å². The van der Waals surface area contributed by atoms with Crippen LogP contribution in [0.5, 0.6) is 0 Å². The minimum absolute atomic E-state index is 0. The number of aryl methyl sites for hydroxylation is 2. The van der Waals surface area contributed by atoms with Crippen molar-refractivity contribution in [3.8, 4) is 0 Å². The zero-order valence-corrected chi connectivity index (χ0v) is 16.1. The number of anilines is 1. The molecule has 0 atom stereocenters. The maximum Gasteiger partial charge on any atom is 0.193 e. The number of hydrogen-bond acceptors (Lipinski definition) is 2. The highest BCUT2D eigenvalue weighted by Gasteiger charge is 2.41. The fraction of sp³-hybridized carbons (Fsp3) is 0.588. The number of hydrogen-bond donors (Lipinski definition) is 2. The predicted molar refractivity (Wildman–Crippen MR) is 104 cm³/mol. The van der Waals surface area contributed by atoms with E-state index in [0.29, 0.717) is 11.4 Å². The van der Waals surface area contributed by atoms with Crippen LogP contribution in [0.25, 0.3) is 0 Å². The zero-order chi connectivity index (χ0) is 15.3. The van der Waals surface area contributed by atoms with E-state index in [2.05, 4.69) is 36.3 Å². The molecule has 5 heteroatoms. The summed E-state index contributed by atoms with van der Waals surface area (Å²) in [6.07, 6.45) is 3.56. The van der Waals surface area contributed by atoms with Gasteiger partial charge in [-0.05, 0) is 68.7 Å². The highest BCUT2D eigenvalue weighted by atomic mass is 127. The molecule has 1 aliphatic carbocycles. The number of ether oxygens (including phenoxy) is 1. The normalized spacial score (nSPS) is 16.0. The quantitative estimate of drug-likeness (QED) is 0.307. The molecular formula is C17H28IN3O. The molecule has 0 aromatic heterocycles. The molecule has 1 fully saturated rings. The second kappa shape index (κ2) is 8.72. The van der Waals surface area contributed by atoms with Crippen molar-refractivity contribution < 1.29 is 4.74 Å². The van der Waals surface area contributed by atoms with Gasteiger partial charge in [0.1, 0.15) is 0 Å². The third kappa shape index (κ3) is 5.76. The summed E-state index contributed by atoms with van der Waals surface area (Å²) >= 11 is 0. The van der Waals surface area contributed by atoms with E-state index >= 15 is 0 Å². The van der Waals surface area contributed by atoms with Crippen molar-refractivity contribution in [3.05, 3.63) is 29.3 Å². The summed E-state index contributed by atoms with van der Waals surface area (Å²) in [5.41, 5.74) is 9.86. The molecule has 0 unspecified atom stereocenters. The van der Waals surface area contributed by atoms with Crippen LogP contribution in [0.3, 0.4) is 0 Å². The molecule has 0 aliphatic heterocycles. The fourth-order valence-electron chi connectivity index (χ4n) is 2.36. The first-order chi connectivity index (χ1) is 10.0. The summed E-state index contributed by atoms with van der Waals surface area (Å²) in [6, 6.07) is 6.22. The third-order valence-corrected chi connectivity index (χ3v) is 4.30. The fourth-order valence-corrected chi connectivity index (χ4v) is 2.36. The predicted octanol–water partition coefficient (Wildman–Crippen LogP) is 3.85. The van der Waals surface area contributed by atoms with Gasteiger partial charge in [0.15, 0.2) is 5.96 Å². The molecule has 1 aromatic rings. The molecule has 124 valence electrons. The van der Waals surface area contributed by atoms with Gasteiger partial charge in [0.25, 0.3) is 0 Å². The Labute approximate surface area is 150 Å². The van der Waals surface area contributed by atoms with Gasteiger partial charge < -0.3 is 15.8 Å². The van der Waals surface area contributed by atoms with Gasteiger partial charge in [-0.2, -0.15) is 0 Å². The average molecular weight is 417 g/mol. The molecule has 0 heterocycles. The van der Waals surface area contributed by atoms with Gasteiger partial charge >= 0.3 is 0 Å². The molecule has 0 radical (unpaired) electrons. The maximum absolute atomic E-state index is 5.99. The lowest BCUT2D eigenvalue weighted by molar-refractivity contribution is 0.129. The van der Waals surface area contributed by atoms with Gasteiger partial charge in [0, 0.05) is 25.4 Å². The number of aliphatic imine (C=N–C) groups is 1. The molecule has 0 spiro atoms. The lowest BCUT2D eigenvalue weighted by Gasteiger charge is -2.13. The smallest absolute Gasteiger partial charge is 0.193 e. The summed E-state index contributed by atoms with van der Waals surface area (Å²) in [5.74, 6) is 0.501. The second-order valence-corrected chi connectivity index (χ2v) is 6.07. The minimum atomic E-state index is 0. The van der Waals surface area contributed by atoms with Gasteiger partial charge in [0.05, 0.1) is 0 Å². The number of rotatable bonds is 7. The van der Waals surface area contributed by atoms with Crippen molar-refractivity contribution in [3.63, 3.8) is 0 Å². The van der Waals surface area contributed by atoms with E-state index in [4.69, 9.17) is 10.5 Å². The largest absolute Gasteiger partial charge is 0.382 e. The van der Waals surface area contributed by atoms with Gasteiger partial charge in [-0.3, -0.25) is 4.99 Å². The Balaban J connectivity index is 0.00000242. The lowest BCUT2D eigenvalue weighted by atomic mass is 10.0. The molecule has 22 heavy (non-hydrogen) atoms. The first-order valence-electron chi connectivity index (χ1n) is 7.77. The van der Waals surface area contributed by atoms with E-state index in [1.165, 1.54) is 24.0 Å². The average Bonchev–Trinajstić information content (AvgIpc) is 3.22. The molecule has 1 aromatic carbocycles. The van der Waals surface area contributed by atoms with Crippen LogP contribution in [0.15, 0.2) is 23.2 Å². The first-order valence-corrected chi connectivity index (χ1v) is 7.77. The molecule has 0 amide bonds. The Kier molecular flexibility index (Phi) is 7.62. The Bertz CT molecular complexity index is 513. The van der Waals surface area contributed by atoms with Crippen LogP contribution in [0.1, 0.15) is 37.3 Å². The second-order valence-electron chi connectivity index (χ2n) is 6.07. The number of nitrogens with two attached hydrogens (primary N) is 1. The summed E-state index contributed by atoms with van der Waals surface area (Å²) < 4.78 is 5.44. The topological polar surface area (TPSA) is 59.6 Å². The van der Waals surface area contributed by atoms with Crippen molar-refractivity contribution in [1.29, 1.82) is 0 Å². The number of guanidine groups is 1. The molecule has 0 bridgehead atoms. The monoisotopic (exact) mass is 417 g/mol. The van der Waals surface area contributed by atoms with Crippen molar-refractivity contribution in [2.24, 2.45) is 16.1 Å². The molecule has 1 saturated carbocycles. The first kappa shape index (κ1) is 19.2. The van der Waals surface area contributed by atoms with Crippen LogP contribution < -0.4 is 11.1 Å². The van der Waals surface area contributed by atoms with E-state index in [-0.39, 0.29) is 24.0 Å². The van der Waals surface area contributed by atoms with Crippen molar-refractivity contribution in [2.45, 2.75) is 40.0 Å². The minimum Gasteiger partial charge on any atom is -0.382 e. The van der Waals surface area contributed by atoms with E-state index < -0.39 is 0 Å². The molecule has 3 N–H and O–H groups in total. The highest BCUT2D eigenvalue weighted by Crippen LogP contribution is 2.48. The van der Waals surface area contributed by atoms with Crippen molar-refractivity contribution in [2.75, 3.05) is 25.1 Å². The van der Waals surface area contributed by atoms with Crippen molar-refractivity contribution >= 4 is 35.6 Å². The number of benzene rings is 1.